The number of likely N-dealkylation sites (tertiary alicyclic amines) is 1. The minimum absolute atomic E-state index is 0.183. The first-order valence-electron chi connectivity index (χ1n) is 10.9. The average molecular weight is 471 g/mol. The lowest BCUT2D eigenvalue weighted by atomic mass is 9.87. The highest BCUT2D eigenvalue weighted by Gasteiger charge is 2.44. The third-order valence-corrected chi connectivity index (χ3v) is 6.62. The fourth-order valence-corrected chi connectivity index (χ4v) is 4.40. The van der Waals surface area contributed by atoms with Crippen LogP contribution in [0.25, 0.3) is 0 Å². The summed E-state index contributed by atoms with van der Waals surface area (Å²) in [7, 11) is 0. The Morgan fingerprint density at radius 2 is 1.78 bits per heavy atom. The maximum Gasteiger partial charge on any atom is 0.269 e. The number of nitrogens with zero attached hydrogens (tertiary/aromatic N) is 2. The highest BCUT2D eigenvalue weighted by Crippen LogP contribution is 2.34. The smallest absolute Gasteiger partial charge is 0.269 e. The van der Waals surface area contributed by atoms with E-state index in [1.165, 1.54) is 5.56 Å². The predicted molar refractivity (Wildman–Crippen MR) is 131 cm³/mol. The van der Waals surface area contributed by atoms with Crippen molar-refractivity contribution in [1.29, 1.82) is 0 Å². The van der Waals surface area contributed by atoms with Crippen LogP contribution >= 0.6 is 23.8 Å². The van der Waals surface area contributed by atoms with Crippen LogP contribution in [0.15, 0.2) is 59.8 Å². The zero-order chi connectivity index (χ0) is 22.4. The summed E-state index contributed by atoms with van der Waals surface area (Å²) >= 11 is 11.5. The molecule has 0 aromatic heterocycles. The second kappa shape index (κ2) is 10.3. The number of halogens is 1. The highest BCUT2D eigenvalue weighted by molar-refractivity contribution is 7.80. The molecular formula is C24H27ClN4O2S. The molecule has 1 saturated heterocycles. The molecule has 0 saturated carbocycles. The van der Waals surface area contributed by atoms with Gasteiger partial charge in [-0.1, -0.05) is 59.2 Å². The summed E-state index contributed by atoms with van der Waals surface area (Å²) < 4.78 is 0. The second-order valence-electron chi connectivity index (χ2n) is 8.25. The third kappa shape index (κ3) is 5.78. The van der Waals surface area contributed by atoms with Gasteiger partial charge in [0, 0.05) is 50.5 Å². The molecule has 2 aromatic rings. The van der Waals surface area contributed by atoms with E-state index in [9.17, 15) is 4.79 Å². The van der Waals surface area contributed by atoms with E-state index in [1.807, 2.05) is 42.5 Å². The number of carbonyl (C=O) groups excluding carboxylic acids is 1. The fourth-order valence-electron chi connectivity index (χ4n) is 3.99. The van der Waals surface area contributed by atoms with Crippen molar-refractivity contribution in [2.45, 2.75) is 37.8 Å². The molecule has 2 N–H and O–H groups in total. The molecule has 2 aliphatic heterocycles. The van der Waals surface area contributed by atoms with E-state index >= 15 is 0 Å². The molecule has 1 fully saturated rings. The molecule has 0 aliphatic carbocycles. The lowest BCUT2D eigenvalue weighted by Gasteiger charge is -2.38. The minimum atomic E-state index is -0.400. The summed E-state index contributed by atoms with van der Waals surface area (Å²) in [6.07, 6.45) is 3.03. The van der Waals surface area contributed by atoms with Crippen LogP contribution in [0.2, 0.25) is 5.02 Å². The number of rotatable bonds is 6. The van der Waals surface area contributed by atoms with Crippen molar-refractivity contribution in [3.8, 4) is 0 Å². The molecule has 0 bridgehead atoms. The van der Waals surface area contributed by atoms with Gasteiger partial charge in [0.25, 0.3) is 5.91 Å². The van der Waals surface area contributed by atoms with Crippen molar-refractivity contribution in [1.82, 2.24) is 15.5 Å². The molecule has 0 unspecified atom stereocenters. The first-order chi connectivity index (χ1) is 15.5. The molecule has 2 aromatic carbocycles. The Bertz CT molecular complexity index is 973. The number of thiocarbonyl (C=S) groups is 1. The first kappa shape index (κ1) is 22.6. The first-order valence-corrected chi connectivity index (χ1v) is 11.7. The largest absolute Gasteiger partial charge is 0.388 e. The molecule has 8 heteroatoms. The highest BCUT2D eigenvalue weighted by atomic mass is 35.5. The zero-order valence-corrected chi connectivity index (χ0v) is 19.4. The maximum atomic E-state index is 12.5. The van der Waals surface area contributed by atoms with E-state index in [0.717, 1.165) is 49.6 Å². The summed E-state index contributed by atoms with van der Waals surface area (Å²) in [5, 5.41) is 11.8. The van der Waals surface area contributed by atoms with Gasteiger partial charge in [-0.2, -0.15) is 0 Å². The van der Waals surface area contributed by atoms with Crippen LogP contribution < -0.4 is 10.6 Å². The maximum absolute atomic E-state index is 12.5. The summed E-state index contributed by atoms with van der Waals surface area (Å²) in [4.78, 5) is 20.5. The standard InChI is InChI=1S/C24H27ClN4O2S/c25-20-8-6-19(7-9-20)17-27-22(30)21-16-24(31-28-21)11-14-29(15-12-24)23(32)26-13-10-18-4-2-1-3-5-18/h1-9H,10-17H2,(H,26,32)(H,27,30). The number of benzene rings is 2. The van der Waals surface area contributed by atoms with Gasteiger partial charge < -0.3 is 20.4 Å². The van der Waals surface area contributed by atoms with Crippen LogP contribution in [0.3, 0.4) is 0 Å². The number of amides is 1. The average Bonchev–Trinajstić information content (AvgIpc) is 3.23. The molecular weight excluding hydrogens is 444 g/mol. The number of hydrogen-bond donors (Lipinski definition) is 2. The Kier molecular flexibility index (Phi) is 7.27. The lowest BCUT2D eigenvalue weighted by molar-refractivity contribution is -0.115. The number of piperidine rings is 1. The van der Waals surface area contributed by atoms with Crippen molar-refractivity contribution < 1.29 is 9.63 Å². The topological polar surface area (TPSA) is 66.0 Å². The van der Waals surface area contributed by atoms with E-state index < -0.39 is 5.60 Å². The molecule has 4 rings (SSSR count). The van der Waals surface area contributed by atoms with E-state index in [-0.39, 0.29) is 5.91 Å². The Labute approximate surface area is 199 Å². The summed E-state index contributed by atoms with van der Waals surface area (Å²) in [5.41, 5.74) is 2.33. The fraction of sp³-hybridized carbons (Fsp3) is 0.375. The van der Waals surface area contributed by atoms with Crippen LogP contribution in [-0.2, 0) is 22.6 Å². The summed E-state index contributed by atoms with van der Waals surface area (Å²) in [5.74, 6) is -0.183. The molecule has 32 heavy (non-hydrogen) atoms. The second-order valence-corrected chi connectivity index (χ2v) is 9.08. The van der Waals surface area contributed by atoms with E-state index in [4.69, 9.17) is 28.7 Å². The Hall–Kier alpha value is -2.64. The van der Waals surface area contributed by atoms with Crippen LogP contribution in [0.1, 0.15) is 30.4 Å². The van der Waals surface area contributed by atoms with Crippen LogP contribution in [-0.4, -0.2) is 46.9 Å². The molecule has 1 amide bonds. The SMILES string of the molecule is O=C(NCc1ccc(Cl)cc1)C1=NOC2(CCN(C(=S)NCCc3ccccc3)CC2)C1. The van der Waals surface area contributed by atoms with Crippen LogP contribution in [0.4, 0.5) is 0 Å². The van der Waals surface area contributed by atoms with Crippen molar-refractivity contribution in [3.63, 3.8) is 0 Å². The van der Waals surface area contributed by atoms with Gasteiger partial charge in [-0.3, -0.25) is 4.79 Å². The van der Waals surface area contributed by atoms with Crippen LogP contribution in [0, 0.1) is 0 Å². The quantitative estimate of drug-likeness (QED) is 0.630. The molecule has 0 atom stereocenters. The normalized spacial score (nSPS) is 16.9. The van der Waals surface area contributed by atoms with Crippen molar-refractivity contribution >= 4 is 40.6 Å². The van der Waals surface area contributed by atoms with Gasteiger partial charge in [-0.05, 0) is 41.9 Å². The number of nitrogens with one attached hydrogen (secondary N) is 2. The monoisotopic (exact) mass is 470 g/mol. The number of hydrogen-bond acceptors (Lipinski definition) is 4. The lowest BCUT2D eigenvalue weighted by Crippen LogP contribution is -2.50. The van der Waals surface area contributed by atoms with Gasteiger partial charge in [0.05, 0.1) is 0 Å². The van der Waals surface area contributed by atoms with E-state index in [1.54, 1.807) is 0 Å². The third-order valence-electron chi connectivity index (χ3n) is 5.96. The molecule has 1 spiro atoms. The number of oxime groups is 1. The molecule has 2 heterocycles. The van der Waals surface area contributed by atoms with Crippen molar-refractivity contribution in [2.24, 2.45) is 5.16 Å². The van der Waals surface area contributed by atoms with Gasteiger partial charge in [0.2, 0.25) is 0 Å². The van der Waals surface area contributed by atoms with E-state index in [2.05, 4.69) is 32.8 Å². The van der Waals surface area contributed by atoms with Gasteiger partial charge in [0.15, 0.2) is 5.11 Å². The Balaban J connectivity index is 1.19. The van der Waals surface area contributed by atoms with E-state index in [0.29, 0.717) is 23.7 Å². The zero-order valence-electron chi connectivity index (χ0n) is 17.9. The molecule has 168 valence electrons. The van der Waals surface area contributed by atoms with Crippen LogP contribution in [0.5, 0.6) is 0 Å². The molecule has 0 radical (unpaired) electrons. The predicted octanol–water partition coefficient (Wildman–Crippen LogP) is 3.68. The minimum Gasteiger partial charge on any atom is -0.388 e. The van der Waals surface area contributed by atoms with Gasteiger partial charge in [-0.15, -0.1) is 0 Å². The Morgan fingerprint density at radius 3 is 2.50 bits per heavy atom. The molecule has 6 nitrogen and oxygen atoms in total. The van der Waals surface area contributed by atoms with Crippen molar-refractivity contribution in [2.75, 3.05) is 19.6 Å². The summed E-state index contributed by atoms with van der Waals surface area (Å²) in [6, 6.07) is 17.8. The Morgan fingerprint density at radius 1 is 1.06 bits per heavy atom. The summed E-state index contributed by atoms with van der Waals surface area (Å²) in [6.45, 7) is 2.81. The van der Waals surface area contributed by atoms with Gasteiger partial charge in [-0.25, -0.2) is 0 Å². The molecule has 2 aliphatic rings. The van der Waals surface area contributed by atoms with Crippen molar-refractivity contribution in [3.05, 3.63) is 70.7 Å². The van der Waals surface area contributed by atoms with Gasteiger partial charge >= 0.3 is 0 Å². The van der Waals surface area contributed by atoms with Gasteiger partial charge in [0.1, 0.15) is 11.3 Å². The number of carbonyl (C=O) groups is 1.